The summed E-state index contributed by atoms with van der Waals surface area (Å²) in [5, 5.41) is 0. The predicted octanol–water partition coefficient (Wildman–Crippen LogP) is 2.97. The summed E-state index contributed by atoms with van der Waals surface area (Å²) in [4.78, 5) is 15.4. The summed E-state index contributed by atoms with van der Waals surface area (Å²) in [6.45, 7) is 14.5. The first kappa shape index (κ1) is 12.2. The summed E-state index contributed by atoms with van der Waals surface area (Å²) < 4.78 is 5.69. The molecule has 0 aromatic rings. The molecule has 2 saturated carbocycles. The maximum Gasteiger partial charge on any atom is 0.333 e. The third-order valence-electron chi connectivity index (χ3n) is 4.42. The topological polar surface area (TPSA) is 30.7 Å². The number of rotatable bonds is 3. The molecule has 3 nitrogen and oxygen atoms in total. The number of hydrogen-bond donors (Lipinski definition) is 0. The smallest absolute Gasteiger partial charge is 0.333 e. The van der Waals surface area contributed by atoms with Crippen LogP contribution in [0.15, 0.2) is 12.2 Å². The SMILES string of the molecule is [C-]#[N+]C1CC2CC1CC2(CC)OC(=O)C(=C)C. The minimum atomic E-state index is -0.318. The van der Waals surface area contributed by atoms with Crippen LogP contribution >= 0.6 is 0 Å². The monoisotopic (exact) mass is 233 g/mol. The third-order valence-corrected chi connectivity index (χ3v) is 4.42. The van der Waals surface area contributed by atoms with E-state index in [0.29, 0.717) is 17.4 Å². The quantitative estimate of drug-likeness (QED) is 0.426. The van der Waals surface area contributed by atoms with E-state index in [4.69, 9.17) is 11.3 Å². The fraction of sp³-hybridized carbons (Fsp3) is 0.714. The first-order valence-corrected chi connectivity index (χ1v) is 6.28. The average molecular weight is 233 g/mol. The highest BCUT2D eigenvalue weighted by Gasteiger charge is 2.59. The van der Waals surface area contributed by atoms with Crippen molar-refractivity contribution in [3.8, 4) is 0 Å². The summed E-state index contributed by atoms with van der Waals surface area (Å²) in [6, 6.07) is 0.156. The van der Waals surface area contributed by atoms with Crippen molar-refractivity contribution < 1.29 is 9.53 Å². The van der Waals surface area contributed by atoms with Gasteiger partial charge >= 0.3 is 5.97 Å². The third kappa shape index (κ3) is 1.86. The molecule has 0 radical (unpaired) electrons. The highest BCUT2D eigenvalue weighted by Crippen LogP contribution is 2.55. The van der Waals surface area contributed by atoms with Gasteiger partial charge in [0, 0.05) is 23.8 Å². The standard InChI is InChI=1S/C14H19NO2/c1-5-14(17-13(16)9(2)3)8-10-6-11(14)7-12(10)15-4/h10-12H,2,5-8H2,1,3H3. The van der Waals surface area contributed by atoms with Crippen LogP contribution in [0.5, 0.6) is 0 Å². The van der Waals surface area contributed by atoms with Gasteiger partial charge in [0.15, 0.2) is 0 Å². The number of ether oxygens (including phenoxy) is 1. The van der Waals surface area contributed by atoms with Gasteiger partial charge in [0.1, 0.15) is 5.60 Å². The lowest BCUT2D eigenvalue weighted by Gasteiger charge is -2.36. The van der Waals surface area contributed by atoms with Crippen molar-refractivity contribution in [2.24, 2.45) is 11.8 Å². The van der Waals surface area contributed by atoms with E-state index in [2.05, 4.69) is 18.3 Å². The Bertz CT molecular complexity index is 396. The van der Waals surface area contributed by atoms with Crippen LogP contribution in [0.2, 0.25) is 0 Å². The fourth-order valence-electron chi connectivity index (χ4n) is 3.42. The van der Waals surface area contributed by atoms with Crippen LogP contribution in [-0.2, 0) is 9.53 Å². The highest BCUT2D eigenvalue weighted by molar-refractivity contribution is 5.87. The van der Waals surface area contributed by atoms with E-state index in [1.807, 2.05) is 0 Å². The molecule has 0 spiro atoms. The van der Waals surface area contributed by atoms with Gasteiger partial charge in [-0.05, 0) is 26.2 Å². The Morgan fingerprint density at radius 1 is 1.59 bits per heavy atom. The second-order valence-electron chi connectivity index (χ2n) is 5.42. The predicted molar refractivity (Wildman–Crippen MR) is 65.1 cm³/mol. The van der Waals surface area contributed by atoms with E-state index in [1.54, 1.807) is 6.92 Å². The van der Waals surface area contributed by atoms with Crippen molar-refractivity contribution in [1.29, 1.82) is 0 Å². The van der Waals surface area contributed by atoms with Gasteiger partial charge < -0.3 is 9.58 Å². The van der Waals surface area contributed by atoms with Gasteiger partial charge in [0.05, 0.1) is 0 Å². The number of esters is 1. The van der Waals surface area contributed by atoms with E-state index in [-0.39, 0.29) is 17.6 Å². The molecule has 4 unspecified atom stereocenters. The maximum atomic E-state index is 11.7. The lowest BCUT2D eigenvalue weighted by molar-refractivity contribution is -0.161. The van der Waals surface area contributed by atoms with Gasteiger partial charge in [-0.25, -0.2) is 11.4 Å². The highest BCUT2D eigenvalue weighted by atomic mass is 16.6. The minimum Gasteiger partial charge on any atom is -0.455 e. The van der Waals surface area contributed by atoms with Crippen molar-refractivity contribution in [3.05, 3.63) is 23.6 Å². The van der Waals surface area contributed by atoms with E-state index in [0.717, 1.165) is 25.7 Å². The Labute approximate surface area is 103 Å². The first-order chi connectivity index (χ1) is 8.02. The van der Waals surface area contributed by atoms with Crippen molar-refractivity contribution in [2.45, 2.75) is 51.2 Å². The maximum absolute atomic E-state index is 11.7. The second-order valence-corrected chi connectivity index (χ2v) is 5.42. The first-order valence-electron chi connectivity index (χ1n) is 6.28. The van der Waals surface area contributed by atoms with Gasteiger partial charge in [0.2, 0.25) is 6.04 Å². The Kier molecular flexibility index (Phi) is 2.99. The number of hydrogen-bond acceptors (Lipinski definition) is 2. The molecule has 2 fully saturated rings. The Balaban J connectivity index is 2.12. The van der Waals surface area contributed by atoms with Gasteiger partial charge in [-0.1, -0.05) is 13.5 Å². The number of fused-ring (bicyclic) bond motifs is 2. The number of carbonyl (C=O) groups is 1. The largest absolute Gasteiger partial charge is 0.455 e. The van der Waals surface area contributed by atoms with Gasteiger partial charge in [0.25, 0.3) is 0 Å². The summed E-state index contributed by atoms with van der Waals surface area (Å²) in [5.74, 6) is 0.522. The van der Waals surface area contributed by atoms with Crippen LogP contribution in [0, 0.1) is 18.4 Å². The number of nitrogens with zero attached hydrogens (tertiary/aromatic N) is 1. The molecular formula is C14H19NO2. The van der Waals surface area contributed by atoms with Crippen molar-refractivity contribution in [3.63, 3.8) is 0 Å². The van der Waals surface area contributed by atoms with E-state index in [9.17, 15) is 4.79 Å². The van der Waals surface area contributed by atoms with Crippen molar-refractivity contribution in [2.75, 3.05) is 0 Å². The molecule has 0 aromatic carbocycles. The lowest BCUT2D eigenvalue weighted by Crippen LogP contribution is -2.42. The molecule has 4 atom stereocenters. The Hall–Kier alpha value is -1.30. The van der Waals surface area contributed by atoms with Crippen molar-refractivity contribution >= 4 is 5.97 Å². The molecule has 0 saturated heterocycles. The summed E-state index contributed by atoms with van der Waals surface area (Å²) in [6.07, 6.45) is 3.65. The molecule has 0 aromatic heterocycles. The second kappa shape index (κ2) is 4.18. The molecule has 0 heterocycles. The van der Waals surface area contributed by atoms with Crippen LogP contribution in [0.3, 0.4) is 0 Å². The summed E-state index contributed by atoms with van der Waals surface area (Å²) in [7, 11) is 0. The molecule has 0 aliphatic heterocycles. The fourth-order valence-corrected chi connectivity index (χ4v) is 3.42. The molecule has 0 amide bonds. The molecule has 0 N–H and O–H groups in total. The summed E-state index contributed by atoms with van der Waals surface area (Å²) >= 11 is 0. The van der Waals surface area contributed by atoms with Crippen LogP contribution in [0.1, 0.15) is 39.5 Å². The van der Waals surface area contributed by atoms with Crippen molar-refractivity contribution in [1.82, 2.24) is 0 Å². The molecule has 92 valence electrons. The lowest BCUT2D eigenvalue weighted by atomic mass is 9.80. The average Bonchev–Trinajstić information content (AvgIpc) is 2.85. The number of carbonyl (C=O) groups excluding carboxylic acids is 1. The Morgan fingerprint density at radius 2 is 2.29 bits per heavy atom. The van der Waals surface area contributed by atoms with Gasteiger partial charge in [-0.2, -0.15) is 0 Å². The van der Waals surface area contributed by atoms with Crippen LogP contribution in [0.25, 0.3) is 4.85 Å². The molecular weight excluding hydrogens is 214 g/mol. The zero-order valence-corrected chi connectivity index (χ0v) is 10.5. The van der Waals surface area contributed by atoms with Crippen LogP contribution < -0.4 is 0 Å². The molecule has 3 heteroatoms. The van der Waals surface area contributed by atoms with Gasteiger partial charge in [-0.3, -0.25) is 0 Å². The molecule has 2 bridgehead atoms. The van der Waals surface area contributed by atoms with E-state index in [1.165, 1.54) is 0 Å². The minimum absolute atomic E-state index is 0.156. The van der Waals surface area contributed by atoms with Gasteiger partial charge in [-0.15, -0.1) is 0 Å². The molecule has 2 aliphatic carbocycles. The van der Waals surface area contributed by atoms with E-state index >= 15 is 0 Å². The molecule has 17 heavy (non-hydrogen) atoms. The normalized spacial score (nSPS) is 38.8. The zero-order valence-electron chi connectivity index (χ0n) is 10.5. The zero-order chi connectivity index (χ0) is 12.6. The van der Waals surface area contributed by atoms with E-state index < -0.39 is 0 Å². The van der Waals surface area contributed by atoms with Crippen LogP contribution in [-0.4, -0.2) is 17.6 Å². The van der Waals surface area contributed by atoms with Crippen LogP contribution in [0.4, 0.5) is 0 Å². The molecule has 2 rings (SSSR count). The Morgan fingerprint density at radius 3 is 2.71 bits per heavy atom. The summed E-state index contributed by atoms with van der Waals surface area (Å²) in [5.41, 5.74) is 0.143. The molecule has 2 aliphatic rings.